The number of ether oxygens (including phenoxy) is 2. The lowest BCUT2D eigenvalue weighted by Gasteiger charge is -2.37. The molecule has 1 N–H and O–H groups in total. The minimum atomic E-state index is -1.13. The second-order valence-corrected chi connectivity index (χ2v) is 12.8. The highest BCUT2D eigenvalue weighted by molar-refractivity contribution is 6.07. The molecule has 3 aliphatic heterocycles. The van der Waals surface area contributed by atoms with Crippen molar-refractivity contribution in [2.45, 2.75) is 56.8 Å². The summed E-state index contributed by atoms with van der Waals surface area (Å²) in [6, 6.07) is 20.3. The van der Waals surface area contributed by atoms with Crippen LogP contribution in [0, 0.1) is 11.8 Å². The van der Waals surface area contributed by atoms with E-state index in [2.05, 4.69) is 13.2 Å². The van der Waals surface area contributed by atoms with Crippen molar-refractivity contribution in [2.24, 2.45) is 11.8 Å². The summed E-state index contributed by atoms with van der Waals surface area (Å²) in [4.78, 5) is 49.0. The summed E-state index contributed by atoms with van der Waals surface area (Å²) < 4.78 is 12.4. The van der Waals surface area contributed by atoms with Gasteiger partial charge in [0.1, 0.15) is 17.4 Å². The smallest absolute Gasteiger partial charge is 0.253 e. The van der Waals surface area contributed by atoms with E-state index < -0.39 is 29.6 Å². The molecule has 252 valence electrons. The molecule has 3 aromatic rings. The van der Waals surface area contributed by atoms with E-state index in [0.29, 0.717) is 62.4 Å². The zero-order chi connectivity index (χ0) is 33.8. The molecule has 1 spiro atoms. The number of aliphatic hydroxyl groups is 1. The largest absolute Gasteiger partial charge is 0.494 e. The van der Waals surface area contributed by atoms with Gasteiger partial charge in [-0.25, -0.2) is 0 Å². The fourth-order valence-corrected chi connectivity index (χ4v) is 7.99. The van der Waals surface area contributed by atoms with E-state index >= 15 is 0 Å². The van der Waals surface area contributed by atoms with Gasteiger partial charge in [0, 0.05) is 37.6 Å². The fourth-order valence-electron chi connectivity index (χ4n) is 7.99. The average Bonchev–Trinajstić information content (AvgIpc) is 3.75. The molecule has 0 aromatic heterocycles. The zero-order valence-corrected chi connectivity index (χ0v) is 27.6. The predicted molar refractivity (Wildman–Crippen MR) is 187 cm³/mol. The number of amides is 3. The molecule has 9 nitrogen and oxygen atoms in total. The Morgan fingerprint density at radius 1 is 0.958 bits per heavy atom. The highest BCUT2D eigenvalue weighted by Crippen LogP contribution is 2.59. The molecule has 3 heterocycles. The van der Waals surface area contributed by atoms with Crippen LogP contribution in [0.3, 0.4) is 0 Å². The van der Waals surface area contributed by atoms with E-state index in [0.717, 1.165) is 10.8 Å². The number of rotatable bonds is 15. The Morgan fingerprint density at radius 3 is 2.33 bits per heavy atom. The first-order valence-corrected chi connectivity index (χ1v) is 17.0. The number of fused-ring (bicyclic) bond motifs is 2. The first kappa shape index (κ1) is 33.4. The minimum absolute atomic E-state index is 0.0595. The molecule has 0 saturated carbocycles. The van der Waals surface area contributed by atoms with Crippen LogP contribution >= 0.6 is 0 Å². The Balaban J connectivity index is 1.37. The standard InChI is InChI=1S/C39H45N3O6/c1-4-22-40(29-16-18-31(19-17-29)47-6-3)36(44)33-32-20-21-39(48-32)34(33)37(45)42(24-10-7-11-25-43)35(39)38(46)41(23-5-2)30-15-14-27-12-8-9-13-28(27)26-30/h4-5,8-9,12-19,26,32-35,43H,1-2,6-7,10-11,20-25H2,3H3/t32-,33+,34-,35?,39?/m0/s1. The SMILES string of the molecule is C=CCN(C(=O)C1N(CCCCCO)C(=O)[C@@H]2[C@H](C(=O)N(CC=C)c3ccc(OCC)cc3)[C@@H]3CCC12O3)c1ccc2ccccc2c1. The summed E-state index contributed by atoms with van der Waals surface area (Å²) in [7, 11) is 0. The second-order valence-electron chi connectivity index (χ2n) is 12.8. The van der Waals surface area contributed by atoms with Gasteiger partial charge in [-0.05, 0) is 86.2 Å². The summed E-state index contributed by atoms with van der Waals surface area (Å²) in [5.74, 6) is -1.52. The molecule has 2 bridgehead atoms. The molecule has 9 heteroatoms. The normalized spacial score (nSPS) is 24.0. The van der Waals surface area contributed by atoms with Gasteiger partial charge in [0.25, 0.3) is 5.91 Å². The Labute approximate surface area is 282 Å². The van der Waals surface area contributed by atoms with E-state index in [9.17, 15) is 19.5 Å². The van der Waals surface area contributed by atoms with Crippen molar-refractivity contribution in [3.8, 4) is 5.75 Å². The maximum atomic E-state index is 14.9. The number of hydrogen-bond donors (Lipinski definition) is 1. The monoisotopic (exact) mass is 651 g/mol. The summed E-state index contributed by atoms with van der Waals surface area (Å²) in [6.07, 6.45) is 5.88. The average molecular weight is 652 g/mol. The Morgan fingerprint density at radius 2 is 1.65 bits per heavy atom. The highest BCUT2D eigenvalue weighted by Gasteiger charge is 2.75. The van der Waals surface area contributed by atoms with E-state index in [-0.39, 0.29) is 37.4 Å². The number of nitrogens with zero attached hydrogens (tertiary/aromatic N) is 3. The van der Waals surface area contributed by atoms with Gasteiger partial charge >= 0.3 is 0 Å². The Bertz CT molecular complexity index is 1670. The molecule has 3 amide bonds. The van der Waals surface area contributed by atoms with Gasteiger partial charge in [0.05, 0.1) is 24.5 Å². The molecule has 48 heavy (non-hydrogen) atoms. The van der Waals surface area contributed by atoms with E-state index in [1.807, 2.05) is 73.7 Å². The minimum Gasteiger partial charge on any atom is -0.494 e. The van der Waals surface area contributed by atoms with Crippen LogP contribution in [0.5, 0.6) is 5.75 Å². The fraction of sp³-hybridized carbons (Fsp3) is 0.410. The molecular weight excluding hydrogens is 606 g/mol. The number of likely N-dealkylation sites (tertiary alicyclic amines) is 1. The number of carbonyl (C=O) groups excluding carboxylic acids is 3. The van der Waals surface area contributed by atoms with E-state index in [4.69, 9.17) is 9.47 Å². The third-order valence-corrected chi connectivity index (χ3v) is 10.0. The van der Waals surface area contributed by atoms with Gasteiger partial charge < -0.3 is 29.3 Å². The van der Waals surface area contributed by atoms with Crippen LogP contribution < -0.4 is 14.5 Å². The zero-order valence-electron chi connectivity index (χ0n) is 27.6. The van der Waals surface area contributed by atoms with E-state index in [1.165, 1.54) is 0 Å². The third kappa shape index (κ3) is 5.90. The first-order chi connectivity index (χ1) is 23.4. The molecule has 2 unspecified atom stereocenters. The Kier molecular flexibility index (Phi) is 9.99. The number of carbonyl (C=O) groups is 3. The maximum absolute atomic E-state index is 14.9. The van der Waals surface area contributed by atoms with Crippen molar-refractivity contribution in [3.05, 3.63) is 92.0 Å². The van der Waals surface area contributed by atoms with Crippen molar-refractivity contribution in [1.82, 2.24) is 4.90 Å². The topological polar surface area (TPSA) is 99.6 Å². The van der Waals surface area contributed by atoms with Gasteiger partial charge in [-0.1, -0.05) is 42.5 Å². The molecule has 0 radical (unpaired) electrons. The van der Waals surface area contributed by atoms with Crippen LogP contribution in [-0.4, -0.2) is 78.3 Å². The molecule has 3 aliphatic rings. The summed E-state index contributed by atoms with van der Waals surface area (Å²) in [5, 5.41) is 11.5. The third-order valence-electron chi connectivity index (χ3n) is 10.0. The van der Waals surface area contributed by atoms with Gasteiger partial charge in [-0.3, -0.25) is 14.4 Å². The molecule has 0 aliphatic carbocycles. The number of hydrogen-bond acceptors (Lipinski definition) is 6. The van der Waals surface area contributed by atoms with Crippen LogP contribution in [-0.2, 0) is 19.1 Å². The first-order valence-electron chi connectivity index (χ1n) is 17.0. The van der Waals surface area contributed by atoms with Crippen LogP contribution in [0.2, 0.25) is 0 Å². The number of benzene rings is 3. The van der Waals surface area contributed by atoms with Crippen LogP contribution in [0.4, 0.5) is 11.4 Å². The molecule has 5 atom stereocenters. The number of aliphatic hydroxyl groups excluding tert-OH is 1. The second kappa shape index (κ2) is 14.3. The predicted octanol–water partition coefficient (Wildman–Crippen LogP) is 5.51. The van der Waals surface area contributed by atoms with Crippen LogP contribution in [0.15, 0.2) is 92.0 Å². The van der Waals surface area contributed by atoms with Crippen molar-refractivity contribution in [3.63, 3.8) is 0 Å². The highest BCUT2D eigenvalue weighted by atomic mass is 16.5. The van der Waals surface area contributed by atoms with Crippen molar-refractivity contribution in [2.75, 3.05) is 42.6 Å². The van der Waals surface area contributed by atoms with Crippen LogP contribution in [0.25, 0.3) is 10.8 Å². The number of anilines is 2. The lowest BCUT2D eigenvalue weighted by Crippen LogP contribution is -2.56. The lowest BCUT2D eigenvalue weighted by molar-refractivity contribution is -0.140. The summed E-state index contributed by atoms with van der Waals surface area (Å²) in [6.45, 7) is 11.2. The van der Waals surface area contributed by atoms with E-state index in [1.54, 1.807) is 26.9 Å². The van der Waals surface area contributed by atoms with Crippen LogP contribution in [0.1, 0.15) is 39.0 Å². The van der Waals surface area contributed by atoms with Gasteiger partial charge in [-0.15, -0.1) is 13.2 Å². The molecule has 3 aromatic carbocycles. The van der Waals surface area contributed by atoms with Gasteiger partial charge in [-0.2, -0.15) is 0 Å². The van der Waals surface area contributed by atoms with Crippen molar-refractivity contribution in [1.29, 1.82) is 0 Å². The number of unbranched alkanes of at least 4 members (excludes halogenated alkanes) is 2. The van der Waals surface area contributed by atoms with Crippen molar-refractivity contribution >= 4 is 39.9 Å². The summed E-state index contributed by atoms with van der Waals surface area (Å²) in [5.41, 5.74) is 0.247. The lowest BCUT2D eigenvalue weighted by atomic mass is 9.70. The quantitative estimate of drug-likeness (QED) is 0.172. The molecule has 3 saturated heterocycles. The van der Waals surface area contributed by atoms with Gasteiger partial charge in [0.15, 0.2) is 0 Å². The van der Waals surface area contributed by atoms with Crippen molar-refractivity contribution < 1.29 is 29.0 Å². The molecule has 3 fully saturated rings. The Hall–Kier alpha value is -4.47. The maximum Gasteiger partial charge on any atom is 0.253 e. The molecular formula is C39H45N3O6. The molecule has 6 rings (SSSR count). The summed E-state index contributed by atoms with van der Waals surface area (Å²) >= 11 is 0. The van der Waals surface area contributed by atoms with Gasteiger partial charge in [0.2, 0.25) is 11.8 Å².